The summed E-state index contributed by atoms with van der Waals surface area (Å²) >= 11 is 0. The highest BCUT2D eigenvalue weighted by Crippen LogP contribution is 2.27. The van der Waals surface area contributed by atoms with E-state index in [1.54, 1.807) is 7.05 Å². The van der Waals surface area contributed by atoms with Gasteiger partial charge in [-0.05, 0) is 131 Å². The van der Waals surface area contributed by atoms with Crippen LogP contribution < -0.4 is 5.46 Å². The third kappa shape index (κ3) is 33.5. The minimum atomic E-state index is -0.439. The molecule has 1 saturated heterocycles. The monoisotopic (exact) mass is 1020 g/mol. The predicted molar refractivity (Wildman–Crippen MR) is 315 cm³/mol. The molecular formula is C71H63BNO5+. The molecule has 384 valence electrons. The highest BCUT2D eigenvalue weighted by atomic mass is 16.6. The summed E-state index contributed by atoms with van der Waals surface area (Å²) in [4.78, 5) is 13.5. The van der Waals surface area contributed by atoms with Gasteiger partial charge in [0, 0.05) is 108 Å². The molecule has 1 aromatic carbocycles. The number of benzene rings is 1. The zero-order valence-electron chi connectivity index (χ0n) is 45.8. The van der Waals surface area contributed by atoms with Gasteiger partial charge in [0.1, 0.15) is 13.2 Å². The second-order valence-corrected chi connectivity index (χ2v) is 18.0. The van der Waals surface area contributed by atoms with E-state index in [-0.39, 0.29) is 40.9 Å². The molecule has 1 aromatic rings. The number of ether oxygens (including phenoxy) is 2. The molecule has 0 saturated carbocycles. The summed E-state index contributed by atoms with van der Waals surface area (Å²) in [6.45, 7) is 11.3. The van der Waals surface area contributed by atoms with Gasteiger partial charge >= 0.3 is 13.1 Å². The first kappa shape index (κ1) is 64.8. The van der Waals surface area contributed by atoms with Crippen molar-refractivity contribution in [3.05, 3.63) is 29.8 Å². The van der Waals surface area contributed by atoms with Gasteiger partial charge in [-0.3, -0.25) is 4.79 Å². The molecule has 0 bridgehead atoms. The van der Waals surface area contributed by atoms with Crippen LogP contribution in [0.15, 0.2) is 24.3 Å². The highest BCUT2D eigenvalue weighted by Gasteiger charge is 2.37. The maximum atomic E-state index is 13.5. The average Bonchev–Trinajstić information content (AvgIpc) is 3.44. The number of terminal acetylenes is 2. The molecule has 78 heavy (non-hydrogen) atoms. The fourth-order valence-electron chi connectivity index (χ4n) is 7.03. The van der Waals surface area contributed by atoms with Gasteiger partial charge in [0.15, 0.2) is 12.1 Å². The predicted octanol–water partition coefficient (Wildman–Crippen LogP) is 7.90. The zero-order chi connectivity index (χ0) is 56.3. The van der Waals surface area contributed by atoms with Crippen LogP contribution in [0.1, 0.15) is 129 Å². The molecule has 2 unspecified atom stereocenters. The lowest BCUT2D eigenvalue weighted by Crippen LogP contribution is -2.50. The molecule has 2 rings (SSSR count). The van der Waals surface area contributed by atoms with Crippen molar-refractivity contribution in [3.63, 3.8) is 0 Å². The van der Waals surface area contributed by atoms with Gasteiger partial charge in [0.2, 0.25) is 0 Å². The highest BCUT2D eigenvalue weighted by molar-refractivity contribution is 6.61. The fourth-order valence-corrected chi connectivity index (χ4v) is 7.03. The number of unbranched alkanes of at least 4 members (excludes halogenated alkanes) is 11. The molecule has 0 amide bonds. The molecule has 0 aromatic heterocycles. The van der Waals surface area contributed by atoms with Crippen LogP contribution in [-0.2, 0) is 23.6 Å². The first-order chi connectivity index (χ1) is 38.2. The summed E-state index contributed by atoms with van der Waals surface area (Å²) < 4.78 is 24.2. The van der Waals surface area contributed by atoms with Crippen LogP contribution in [0.3, 0.4) is 0 Å². The Morgan fingerprint density at radius 2 is 0.936 bits per heavy atom. The van der Waals surface area contributed by atoms with Crippen molar-refractivity contribution in [1.82, 2.24) is 0 Å². The first-order valence-corrected chi connectivity index (χ1v) is 26.1. The van der Waals surface area contributed by atoms with E-state index in [4.69, 9.17) is 31.6 Å². The van der Waals surface area contributed by atoms with Gasteiger partial charge in [-0.25, -0.2) is 0 Å². The van der Waals surface area contributed by atoms with Crippen molar-refractivity contribution < 1.29 is 28.1 Å². The zero-order valence-corrected chi connectivity index (χ0v) is 45.8. The van der Waals surface area contributed by atoms with Crippen molar-refractivity contribution in [3.8, 4) is 214 Å². The van der Waals surface area contributed by atoms with E-state index >= 15 is 0 Å². The van der Waals surface area contributed by atoms with Gasteiger partial charge in [-0.15, -0.1) is 12.8 Å². The summed E-state index contributed by atoms with van der Waals surface area (Å²) in [5.74, 6) is 80.2. The van der Waals surface area contributed by atoms with Crippen LogP contribution in [0.2, 0.25) is 0 Å². The van der Waals surface area contributed by atoms with Gasteiger partial charge in [-0.2, -0.15) is 4.48 Å². The lowest BCUT2D eigenvalue weighted by molar-refractivity contribution is -0.773. The SMILES string of the molecule is C#CC#CC#CC#CC#CC#CC#CC#CC#C[N+](C)(C#CC#CC#CC#CC#CC#CC#CC#CC#C)CCOC(=O)C(CC)CC(C)c1ccc(B2OCC(C)(COCCCCCCCCCCCCCC)CO2)cc1. The van der Waals surface area contributed by atoms with Gasteiger partial charge in [0.25, 0.3) is 0 Å². The maximum absolute atomic E-state index is 13.5. The number of rotatable bonds is 24. The van der Waals surface area contributed by atoms with E-state index in [1.807, 2.05) is 19.1 Å². The number of hydrogen-bond acceptors (Lipinski definition) is 5. The average molecular weight is 1020 g/mol. The van der Waals surface area contributed by atoms with Crippen molar-refractivity contribution in [2.24, 2.45) is 11.3 Å². The molecule has 1 fully saturated rings. The van der Waals surface area contributed by atoms with Crippen LogP contribution in [0.5, 0.6) is 0 Å². The summed E-state index contributed by atoms with van der Waals surface area (Å²) in [7, 11) is 1.31. The standard InChI is InChI=1S/C71H63BNO5/c1-8-12-15-18-21-24-27-30-32-34-36-38-41-44-47-50-57-73(7,58-51-48-45-42-39-37-35-33-31-28-25-22-19-16-13-9-2)59-61-76-70(74)67(11-4)62-66(5)68-53-55-69(56-54-68)72-77-64-71(6,65-78-72)63-75-60-52-49-46-43-40-29-26-23-20-17-14-10-3/h1-2,53-56,66-67H,10-11,14,17,20,23,26,29,40,43,46,49,52,59-65H2,3-7H3/q+1. The van der Waals surface area contributed by atoms with Gasteiger partial charge in [-0.1, -0.05) is 123 Å². The molecule has 6 nitrogen and oxygen atoms in total. The molecular weight excluding hydrogens is 958 g/mol. The van der Waals surface area contributed by atoms with Crippen LogP contribution in [0.25, 0.3) is 0 Å². The first-order valence-electron chi connectivity index (χ1n) is 26.1. The number of carbonyl (C=O) groups excluding carboxylic acids is 1. The Morgan fingerprint density at radius 3 is 1.32 bits per heavy atom. The minimum Gasteiger partial charge on any atom is -0.459 e. The smallest absolute Gasteiger partial charge is 0.459 e. The lowest BCUT2D eigenvalue weighted by atomic mass is 9.75. The molecule has 7 heteroatoms. The van der Waals surface area contributed by atoms with E-state index in [2.05, 4.69) is 234 Å². The number of hydrogen-bond donors (Lipinski definition) is 0. The Morgan fingerprint density at radius 1 is 0.564 bits per heavy atom. The van der Waals surface area contributed by atoms with E-state index in [0.717, 1.165) is 24.1 Å². The lowest BCUT2D eigenvalue weighted by Gasteiger charge is -2.36. The van der Waals surface area contributed by atoms with Crippen molar-refractivity contribution >= 4 is 18.6 Å². The van der Waals surface area contributed by atoms with Gasteiger partial charge in [0.05, 0.1) is 31.4 Å². The molecule has 0 radical (unpaired) electrons. The third-order valence-corrected chi connectivity index (χ3v) is 11.3. The number of carbonyl (C=O) groups is 1. The van der Waals surface area contributed by atoms with Crippen LogP contribution in [-0.4, -0.2) is 64.2 Å². The Bertz CT molecular complexity index is 3170. The fraction of sp³-hybridized carbons (Fsp3) is 0.394. The maximum Gasteiger partial charge on any atom is 0.493 e. The van der Waals surface area contributed by atoms with Gasteiger partial charge < -0.3 is 18.8 Å². The van der Waals surface area contributed by atoms with Crippen molar-refractivity contribution in [2.45, 2.75) is 124 Å². The van der Waals surface area contributed by atoms with Crippen molar-refractivity contribution in [2.75, 3.05) is 46.6 Å². The normalized spacial score (nSPS) is 11.0. The second kappa shape index (κ2) is 44.0. The van der Waals surface area contributed by atoms with Crippen LogP contribution in [0, 0.1) is 226 Å². The summed E-state index contributed by atoms with van der Waals surface area (Å²) in [5, 5.41) is 0. The number of quaternary nitrogens is 1. The number of nitrogens with zero attached hydrogens (tertiary/aromatic N) is 1. The molecule has 2 atom stereocenters. The summed E-state index contributed by atoms with van der Waals surface area (Å²) in [5.41, 5.74) is 1.88. The Labute approximate surface area is 470 Å². The quantitative estimate of drug-likeness (QED) is 0.0347. The second-order valence-electron chi connectivity index (χ2n) is 18.0. The Kier molecular flexibility index (Phi) is 36.6. The topological polar surface area (TPSA) is 54.0 Å². The molecule has 0 spiro atoms. The van der Waals surface area contributed by atoms with Crippen LogP contribution in [0.4, 0.5) is 0 Å². The van der Waals surface area contributed by atoms with E-state index < -0.39 is 7.12 Å². The molecule has 0 aliphatic carbocycles. The molecule has 1 aliphatic rings. The molecule has 1 aliphatic heterocycles. The number of esters is 1. The largest absolute Gasteiger partial charge is 0.493 e. The van der Waals surface area contributed by atoms with E-state index in [9.17, 15) is 4.79 Å². The van der Waals surface area contributed by atoms with Crippen LogP contribution >= 0.6 is 0 Å². The third-order valence-electron chi connectivity index (χ3n) is 11.3. The summed E-state index contributed by atoms with van der Waals surface area (Å²) in [6, 6.07) is 14.3. The van der Waals surface area contributed by atoms with E-state index in [0.29, 0.717) is 32.7 Å². The minimum absolute atomic E-state index is 0.0472. The molecule has 1 heterocycles. The van der Waals surface area contributed by atoms with Crippen molar-refractivity contribution in [1.29, 1.82) is 0 Å². The Hall–Kier alpha value is -9.33. The summed E-state index contributed by atoms with van der Waals surface area (Å²) in [6.07, 6.45) is 27.1. The molecule has 0 N–H and O–H groups in total. The Balaban J connectivity index is 1.98. The number of likely N-dealkylation sites (N-methyl/N-ethyl adjacent to an activating group) is 1. The van der Waals surface area contributed by atoms with E-state index in [1.165, 1.54) is 70.6 Å².